The second kappa shape index (κ2) is 20.1. The zero-order valence-electron chi connectivity index (χ0n) is 18.1. The Bertz CT molecular complexity index is 312. The van der Waals surface area contributed by atoms with Crippen LogP contribution >= 0.6 is 0 Å². The third kappa shape index (κ3) is 18.5. The van der Waals surface area contributed by atoms with Gasteiger partial charge in [0.25, 0.3) is 0 Å². The number of unbranched alkanes of at least 4 members (excludes halogenated alkanes) is 9. The van der Waals surface area contributed by atoms with Crippen LogP contribution in [0, 0.1) is 5.92 Å². The summed E-state index contributed by atoms with van der Waals surface area (Å²) >= 11 is 0. The molecule has 0 fully saturated rings. The number of hydrogen-bond donors (Lipinski definition) is 2. The van der Waals surface area contributed by atoms with Crippen LogP contribution in [0.25, 0.3) is 0 Å². The summed E-state index contributed by atoms with van der Waals surface area (Å²) < 4.78 is 4.89. The van der Waals surface area contributed by atoms with Crippen LogP contribution in [-0.2, 0) is 9.53 Å². The van der Waals surface area contributed by atoms with Crippen molar-refractivity contribution < 1.29 is 19.7 Å². The third-order valence-corrected chi connectivity index (χ3v) is 5.32. The summed E-state index contributed by atoms with van der Waals surface area (Å²) in [6, 6.07) is 0. The van der Waals surface area contributed by atoms with Gasteiger partial charge in [0, 0.05) is 6.42 Å². The molecule has 0 aromatic heterocycles. The van der Waals surface area contributed by atoms with Gasteiger partial charge in [-0.05, 0) is 12.3 Å². The van der Waals surface area contributed by atoms with Crippen molar-refractivity contribution in [2.24, 2.45) is 5.92 Å². The number of aliphatic hydroxyl groups excluding tert-OH is 2. The van der Waals surface area contributed by atoms with Gasteiger partial charge in [-0.2, -0.15) is 0 Å². The van der Waals surface area contributed by atoms with Gasteiger partial charge in [0.1, 0.15) is 12.7 Å². The molecule has 0 bridgehead atoms. The fraction of sp³-hybridized carbons (Fsp3) is 0.957. The number of aliphatic hydroxyl groups is 2. The van der Waals surface area contributed by atoms with Crippen LogP contribution in [0.15, 0.2) is 0 Å². The molecule has 1 unspecified atom stereocenters. The Labute approximate surface area is 168 Å². The topological polar surface area (TPSA) is 66.8 Å². The monoisotopic (exact) mass is 386 g/mol. The SMILES string of the molecule is CCCCC(CCCC)CCCCCCCCCCC(=O)OCC(O)CO. The lowest BCUT2D eigenvalue weighted by Crippen LogP contribution is -2.21. The van der Waals surface area contributed by atoms with Crippen molar-refractivity contribution in [3.05, 3.63) is 0 Å². The molecule has 4 heteroatoms. The highest BCUT2D eigenvalue weighted by molar-refractivity contribution is 5.69. The molecule has 0 radical (unpaired) electrons. The van der Waals surface area contributed by atoms with Gasteiger partial charge in [-0.25, -0.2) is 0 Å². The van der Waals surface area contributed by atoms with Crippen LogP contribution in [-0.4, -0.2) is 35.5 Å². The first-order valence-electron chi connectivity index (χ1n) is 11.6. The van der Waals surface area contributed by atoms with Gasteiger partial charge in [-0.1, -0.05) is 104 Å². The first-order valence-corrected chi connectivity index (χ1v) is 11.6. The third-order valence-electron chi connectivity index (χ3n) is 5.32. The lowest BCUT2D eigenvalue weighted by atomic mass is 9.90. The molecule has 1 atom stereocenters. The van der Waals surface area contributed by atoms with E-state index in [0.717, 1.165) is 18.8 Å². The standard InChI is InChI=1S/C23H46O4/c1-3-5-15-21(16-6-4-2)17-13-11-9-7-8-10-12-14-18-23(26)27-20-22(25)19-24/h21-22,24-25H,3-20H2,1-2H3. The van der Waals surface area contributed by atoms with Gasteiger partial charge in [0.05, 0.1) is 6.61 Å². The van der Waals surface area contributed by atoms with Crippen molar-refractivity contribution in [3.63, 3.8) is 0 Å². The normalized spacial score (nSPS) is 12.5. The molecule has 0 saturated heterocycles. The average molecular weight is 387 g/mol. The predicted octanol–water partition coefficient (Wildman–Crippen LogP) is 5.78. The van der Waals surface area contributed by atoms with E-state index in [-0.39, 0.29) is 19.2 Å². The number of ether oxygens (including phenoxy) is 1. The molecule has 0 aromatic rings. The molecule has 0 amide bonds. The van der Waals surface area contributed by atoms with E-state index in [2.05, 4.69) is 13.8 Å². The summed E-state index contributed by atoms with van der Waals surface area (Å²) in [6.07, 6.45) is 18.9. The zero-order valence-corrected chi connectivity index (χ0v) is 18.1. The molecule has 0 rings (SSSR count). The first kappa shape index (κ1) is 26.4. The van der Waals surface area contributed by atoms with E-state index >= 15 is 0 Å². The molecule has 0 aliphatic carbocycles. The molecular formula is C23H46O4. The van der Waals surface area contributed by atoms with Crippen molar-refractivity contribution in [1.82, 2.24) is 0 Å². The van der Waals surface area contributed by atoms with E-state index in [0.29, 0.717) is 6.42 Å². The molecule has 2 N–H and O–H groups in total. The number of esters is 1. The smallest absolute Gasteiger partial charge is 0.305 e. The predicted molar refractivity (Wildman–Crippen MR) is 113 cm³/mol. The summed E-state index contributed by atoms with van der Waals surface area (Å²) in [4.78, 5) is 11.4. The number of hydrogen-bond acceptors (Lipinski definition) is 4. The maximum Gasteiger partial charge on any atom is 0.305 e. The summed E-state index contributed by atoms with van der Waals surface area (Å²) in [5.41, 5.74) is 0. The van der Waals surface area contributed by atoms with E-state index in [1.165, 1.54) is 83.5 Å². The molecule has 0 aliphatic heterocycles. The molecule has 0 aliphatic rings. The van der Waals surface area contributed by atoms with Crippen molar-refractivity contribution in [3.8, 4) is 0 Å². The maximum absolute atomic E-state index is 11.4. The quantitative estimate of drug-likeness (QED) is 0.205. The lowest BCUT2D eigenvalue weighted by molar-refractivity contribution is -0.147. The minimum Gasteiger partial charge on any atom is -0.463 e. The molecule has 162 valence electrons. The van der Waals surface area contributed by atoms with Gasteiger partial charge in [0.2, 0.25) is 0 Å². The second-order valence-corrected chi connectivity index (χ2v) is 8.04. The highest BCUT2D eigenvalue weighted by Gasteiger charge is 2.08. The fourth-order valence-corrected chi connectivity index (χ4v) is 3.50. The molecular weight excluding hydrogens is 340 g/mol. The van der Waals surface area contributed by atoms with Crippen molar-refractivity contribution in [2.75, 3.05) is 13.2 Å². The molecule has 0 spiro atoms. The minimum absolute atomic E-state index is 0.104. The highest BCUT2D eigenvalue weighted by atomic mass is 16.5. The number of carbonyl (C=O) groups excluding carboxylic acids is 1. The Morgan fingerprint density at radius 2 is 1.26 bits per heavy atom. The largest absolute Gasteiger partial charge is 0.463 e. The van der Waals surface area contributed by atoms with Crippen molar-refractivity contribution in [2.45, 2.75) is 123 Å². The Morgan fingerprint density at radius 1 is 0.778 bits per heavy atom. The summed E-state index contributed by atoms with van der Waals surface area (Å²) in [6.45, 7) is 4.11. The van der Waals surface area contributed by atoms with Gasteiger partial charge in [-0.3, -0.25) is 4.79 Å². The second-order valence-electron chi connectivity index (χ2n) is 8.04. The number of rotatable bonds is 20. The van der Waals surface area contributed by atoms with Crippen LogP contribution in [0.3, 0.4) is 0 Å². The zero-order chi connectivity index (χ0) is 20.2. The molecule has 4 nitrogen and oxygen atoms in total. The minimum atomic E-state index is -0.956. The molecule has 0 saturated carbocycles. The Balaban J connectivity index is 3.44. The van der Waals surface area contributed by atoms with Crippen molar-refractivity contribution in [1.29, 1.82) is 0 Å². The van der Waals surface area contributed by atoms with Gasteiger partial charge >= 0.3 is 5.97 Å². The van der Waals surface area contributed by atoms with Gasteiger partial charge < -0.3 is 14.9 Å². The summed E-state index contributed by atoms with van der Waals surface area (Å²) in [5.74, 6) is 0.686. The van der Waals surface area contributed by atoms with Crippen LogP contribution < -0.4 is 0 Å². The average Bonchev–Trinajstić information content (AvgIpc) is 2.68. The van der Waals surface area contributed by atoms with Crippen LogP contribution in [0.1, 0.15) is 117 Å². The Kier molecular flexibility index (Phi) is 19.7. The van der Waals surface area contributed by atoms with E-state index < -0.39 is 6.10 Å². The van der Waals surface area contributed by atoms with Crippen molar-refractivity contribution >= 4 is 5.97 Å². The fourth-order valence-electron chi connectivity index (χ4n) is 3.50. The van der Waals surface area contributed by atoms with E-state index in [1.807, 2.05) is 0 Å². The Hall–Kier alpha value is -0.610. The highest BCUT2D eigenvalue weighted by Crippen LogP contribution is 2.23. The van der Waals surface area contributed by atoms with Gasteiger partial charge in [-0.15, -0.1) is 0 Å². The van der Waals surface area contributed by atoms with E-state index in [1.54, 1.807) is 0 Å². The van der Waals surface area contributed by atoms with Crippen LogP contribution in [0.2, 0.25) is 0 Å². The Morgan fingerprint density at radius 3 is 1.78 bits per heavy atom. The van der Waals surface area contributed by atoms with Crippen LogP contribution in [0.5, 0.6) is 0 Å². The summed E-state index contributed by atoms with van der Waals surface area (Å²) in [7, 11) is 0. The van der Waals surface area contributed by atoms with Gasteiger partial charge in [0.15, 0.2) is 0 Å². The molecule has 27 heavy (non-hydrogen) atoms. The molecule has 0 heterocycles. The lowest BCUT2D eigenvalue weighted by Gasteiger charge is -2.16. The maximum atomic E-state index is 11.4. The van der Waals surface area contributed by atoms with E-state index in [9.17, 15) is 4.79 Å². The first-order chi connectivity index (χ1) is 13.1. The molecule has 0 aromatic carbocycles. The van der Waals surface area contributed by atoms with E-state index in [4.69, 9.17) is 14.9 Å². The van der Waals surface area contributed by atoms with Crippen LogP contribution in [0.4, 0.5) is 0 Å². The number of carbonyl (C=O) groups is 1. The summed E-state index contributed by atoms with van der Waals surface area (Å²) in [5, 5.41) is 17.8.